The van der Waals surface area contributed by atoms with E-state index in [1.165, 1.54) is 27.9 Å². The van der Waals surface area contributed by atoms with E-state index in [0.29, 0.717) is 6.54 Å². The third kappa shape index (κ3) is 5.35. The fourth-order valence-corrected chi connectivity index (χ4v) is 5.16. The van der Waals surface area contributed by atoms with Crippen LogP contribution in [0, 0.1) is 0 Å². The van der Waals surface area contributed by atoms with Crippen LogP contribution in [0.25, 0.3) is 11.0 Å². The molecule has 2 heterocycles. The summed E-state index contributed by atoms with van der Waals surface area (Å²) in [6, 6.07) is 19.4. The second-order valence-corrected chi connectivity index (χ2v) is 9.29. The summed E-state index contributed by atoms with van der Waals surface area (Å²) in [6.07, 6.45) is 7.15. The first-order chi connectivity index (χ1) is 17.2. The molecule has 0 radical (unpaired) electrons. The summed E-state index contributed by atoms with van der Waals surface area (Å²) in [5, 5.41) is 3.38. The Balaban J connectivity index is 1.46. The maximum absolute atomic E-state index is 6.22. The van der Waals surface area contributed by atoms with E-state index in [-0.39, 0.29) is 6.04 Å². The predicted molar refractivity (Wildman–Crippen MR) is 141 cm³/mol. The maximum atomic E-state index is 6.22. The van der Waals surface area contributed by atoms with Crippen LogP contribution in [0.5, 0.6) is 0 Å². The minimum atomic E-state index is 0.243. The molecule has 180 valence electrons. The van der Waals surface area contributed by atoms with Gasteiger partial charge in [0, 0.05) is 32.4 Å². The van der Waals surface area contributed by atoms with E-state index in [9.17, 15) is 0 Å². The second kappa shape index (κ2) is 11.0. The number of hydrogen-bond donors (Lipinski definition) is 3. The van der Waals surface area contributed by atoms with Gasteiger partial charge in [-0.25, -0.2) is 4.98 Å². The number of nitrogens with one attached hydrogen (secondary N) is 2. The molecule has 0 saturated carbocycles. The Kier molecular flexibility index (Phi) is 7.33. The van der Waals surface area contributed by atoms with Crippen LogP contribution in [0.4, 0.5) is 0 Å². The van der Waals surface area contributed by atoms with Crippen molar-refractivity contribution in [3.8, 4) is 0 Å². The summed E-state index contributed by atoms with van der Waals surface area (Å²) in [7, 11) is 0. The summed E-state index contributed by atoms with van der Waals surface area (Å²) < 4.78 is 0. The van der Waals surface area contributed by atoms with Gasteiger partial charge in [-0.05, 0) is 59.7 Å². The number of para-hydroxylation sites is 2. The third-order valence-electron chi connectivity index (χ3n) is 6.88. The molecule has 0 saturated heterocycles. The molecular weight excluding hydrogens is 432 g/mol. The van der Waals surface area contributed by atoms with Gasteiger partial charge in [-0.3, -0.25) is 9.88 Å². The minimum absolute atomic E-state index is 0.243. The second-order valence-electron chi connectivity index (χ2n) is 9.29. The molecule has 1 aliphatic carbocycles. The maximum Gasteiger partial charge on any atom is 0.121 e. The third-order valence-corrected chi connectivity index (χ3v) is 6.88. The molecule has 4 N–H and O–H groups in total. The number of fused-ring (bicyclic) bond motifs is 2. The number of aromatic amines is 1. The van der Waals surface area contributed by atoms with E-state index in [1.54, 1.807) is 0 Å². The highest BCUT2D eigenvalue weighted by molar-refractivity contribution is 5.74. The highest BCUT2D eigenvalue weighted by Gasteiger charge is 2.28. The Bertz CT molecular complexity index is 1260. The molecule has 1 atom stereocenters. The number of nitrogens with two attached hydrogens (primary N) is 1. The summed E-state index contributed by atoms with van der Waals surface area (Å²) in [5.74, 6) is 0.980. The molecule has 6 nitrogen and oxygen atoms in total. The van der Waals surface area contributed by atoms with E-state index < -0.39 is 0 Å². The summed E-state index contributed by atoms with van der Waals surface area (Å²) in [5.41, 5.74) is 14.6. The summed E-state index contributed by atoms with van der Waals surface area (Å²) in [6.45, 7) is 7.42. The Morgan fingerprint density at radius 2 is 2.03 bits per heavy atom. The molecule has 0 aliphatic heterocycles. The zero-order valence-corrected chi connectivity index (χ0v) is 20.2. The van der Waals surface area contributed by atoms with Crippen LogP contribution in [-0.2, 0) is 32.6 Å². The highest BCUT2D eigenvalue weighted by atomic mass is 15.2. The van der Waals surface area contributed by atoms with E-state index in [4.69, 9.17) is 15.7 Å². The number of imidazole rings is 1. The Morgan fingerprint density at radius 3 is 2.89 bits per heavy atom. The smallest absolute Gasteiger partial charge is 0.121 e. The van der Waals surface area contributed by atoms with Crippen LogP contribution in [0.2, 0.25) is 0 Å². The van der Waals surface area contributed by atoms with Crippen molar-refractivity contribution in [3.05, 3.63) is 107 Å². The molecule has 1 unspecified atom stereocenters. The van der Waals surface area contributed by atoms with Crippen LogP contribution < -0.4 is 11.1 Å². The lowest BCUT2D eigenvalue weighted by atomic mass is 9.90. The van der Waals surface area contributed by atoms with Crippen molar-refractivity contribution in [2.75, 3.05) is 6.54 Å². The fraction of sp³-hybridized carbons (Fsp3) is 0.310. The van der Waals surface area contributed by atoms with Crippen LogP contribution >= 0.6 is 0 Å². The van der Waals surface area contributed by atoms with E-state index >= 15 is 0 Å². The van der Waals surface area contributed by atoms with Crippen molar-refractivity contribution < 1.29 is 0 Å². The fourth-order valence-electron chi connectivity index (χ4n) is 5.16. The number of aryl methyl sites for hydroxylation is 1. The van der Waals surface area contributed by atoms with Gasteiger partial charge in [-0.2, -0.15) is 0 Å². The van der Waals surface area contributed by atoms with Gasteiger partial charge in [0.25, 0.3) is 0 Å². The monoisotopic (exact) mass is 466 g/mol. The number of nitrogens with zero attached hydrogens (tertiary/aromatic N) is 3. The summed E-state index contributed by atoms with van der Waals surface area (Å²) >= 11 is 0. The van der Waals surface area contributed by atoms with Gasteiger partial charge in [0.1, 0.15) is 5.82 Å². The first kappa shape index (κ1) is 23.4. The van der Waals surface area contributed by atoms with Crippen molar-refractivity contribution >= 4 is 11.0 Å². The van der Waals surface area contributed by atoms with Crippen LogP contribution in [0.3, 0.4) is 0 Å². The lowest BCUT2D eigenvalue weighted by Gasteiger charge is -2.35. The van der Waals surface area contributed by atoms with Crippen molar-refractivity contribution in [3.63, 3.8) is 0 Å². The quantitative estimate of drug-likeness (QED) is 0.232. The van der Waals surface area contributed by atoms with E-state index in [2.05, 4.69) is 64.2 Å². The number of rotatable bonds is 10. The standard InChI is InChI=1S/C29H34N6/c1-2-14-31-18-21-12-13-23(24(16-21)17-30)19-35(20-28-33-25-9-3-4-10-26(25)34-28)27-11-5-7-22-8-6-15-32-29(22)27/h2-4,6,8-10,12-13,15-16,27,31H,1,5,7,11,14,17-20,30H2,(H,33,34). The van der Waals surface area contributed by atoms with Gasteiger partial charge >= 0.3 is 0 Å². The van der Waals surface area contributed by atoms with Crippen LogP contribution in [0.1, 0.15) is 52.7 Å². The van der Waals surface area contributed by atoms with Gasteiger partial charge in [0.15, 0.2) is 0 Å². The van der Waals surface area contributed by atoms with Crippen molar-refractivity contribution in [2.45, 2.75) is 51.5 Å². The van der Waals surface area contributed by atoms with Gasteiger partial charge in [0.05, 0.1) is 29.3 Å². The zero-order valence-electron chi connectivity index (χ0n) is 20.2. The first-order valence-electron chi connectivity index (χ1n) is 12.5. The number of benzene rings is 2. The topological polar surface area (TPSA) is 82.9 Å². The summed E-state index contributed by atoms with van der Waals surface area (Å²) in [4.78, 5) is 15.8. The molecule has 0 bridgehead atoms. The molecule has 6 heteroatoms. The van der Waals surface area contributed by atoms with Gasteiger partial charge in [-0.1, -0.05) is 42.5 Å². The number of H-pyrrole nitrogens is 1. The number of pyridine rings is 1. The molecular formula is C29H34N6. The molecule has 0 spiro atoms. The van der Waals surface area contributed by atoms with Crippen molar-refractivity contribution in [1.82, 2.24) is 25.2 Å². The Labute approximate surface area is 207 Å². The molecule has 1 aliphatic rings. The molecule has 2 aromatic carbocycles. The average Bonchev–Trinajstić information content (AvgIpc) is 3.31. The van der Waals surface area contributed by atoms with Crippen molar-refractivity contribution in [1.29, 1.82) is 0 Å². The molecule has 0 amide bonds. The molecule has 5 rings (SSSR count). The Morgan fingerprint density at radius 1 is 1.11 bits per heavy atom. The zero-order chi connectivity index (χ0) is 24.0. The lowest BCUT2D eigenvalue weighted by Crippen LogP contribution is -2.32. The molecule has 2 aromatic heterocycles. The van der Waals surface area contributed by atoms with Crippen molar-refractivity contribution in [2.24, 2.45) is 5.73 Å². The number of aromatic nitrogens is 3. The minimum Gasteiger partial charge on any atom is -0.341 e. The predicted octanol–water partition coefficient (Wildman–Crippen LogP) is 4.77. The van der Waals surface area contributed by atoms with Gasteiger partial charge in [-0.15, -0.1) is 6.58 Å². The largest absolute Gasteiger partial charge is 0.341 e. The first-order valence-corrected chi connectivity index (χ1v) is 12.5. The van der Waals surface area contributed by atoms with E-state index in [0.717, 1.165) is 62.3 Å². The molecule has 4 aromatic rings. The van der Waals surface area contributed by atoms with Crippen LogP contribution in [0.15, 0.2) is 73.4 Å². The molecule has 0 fully saturated rings. The van der Waals surface area contributed by atoms with Gasteiger partial charge in [0.2, 0.25) is 0 Å². The normalized spacial score (nSPS) is 15.4. The SMILES string of the molecule is C=CCNCc1ccc(CN(Cc2nc3ccccc3[nH]2)C2CCCc3cccnc32)c(CN)c1. The lowest BCUT2D eigenvalue weighted by molar-refractivity contribution is 0.153. The van der Waals surface area contributed by atoms with Gasteiger partial charge < -0.3 is 16.0 Å². The van der Waals surface area contributed by atoms with E-state index in [1.807, 2.05) is 24.4 Å². The number of hydrogen-bond acceptors (Lipinski definition) is 5. The Hall–Kier alpha value is -3.32. The average molecular weight is 467 g/mol. The highest BCUT2D eigenvalue weighted by Crippen LogP contribution is 2.35. The van der Waals surface area contributed by atoms with Crippen LogP contribution in [-0.4, -0.2) is 26.4 Å². The molecule has 35 heavy (non-hydrogen) atoms.